The van der Waals surface area contributed by atoms with Crippen LogP contribution in [-0.2, 0) is 32.2 Å². The van der Waals surface area contributed by atoms with E-state index in [1.54, 1.807) is 18.2 Å². The second-order valence-electron chi connectivity index (χ2n) is 6.60. The topological polar surface area (TPSA) is 104 Å². The summed E-state index contributed by atoms with van der Waals surface area (Å²) >= 11 is 0. The Morgan fingerprint density at radius 3 is 2.41 bits per heavy atom. The maximum absolute atomic E-state index is 12.2. The molecule has 29 heavy (non-hydrogen) atoms. The Kier molecular flexibility index (Phi) is 6.36. The number of carbonyl (C=O) groups is 1. The molecular weight excluding hydrogens is 390 g/mol. The Morgan fingerprint density at radius 1 is 1.07 bits per heavy atom. The van der Waals surface area contributed by atoms with Gasteiger partial charge in [0, 0.05) is 18.2 Å². The Bertz CT molecular complexity index is 1090. The minimum absolute atomic E-state index is 0.192. The lowest BCUT2D eigenvalue weighted by Crippen LogP contribution is -2.34. The molecule has 0 radical (unpaired) electrons. The summed E-state index contributed by atoms with van der Waals surface area (Å²) in [5, 5.41) is 7.02. The van der Waals surface area contributed by atoms with Crippen LogP contribution < -0.4 is 10.9 Å². The van der Waals surface area contributed by atoms with E-state index >= 15 is 0 Å². The molecule has 0 aliphatic heterocycles. The van der Waals surface area contributed by atoms with E-state index in [1.807, 2.05) is 30.3 Å². The molecule has 3 rings (SSSR count). The average Bonchev–Trinajstić information content (AvgIpc) is 2.70. The van der Waals surface area contributed by atoms with Crippen LogP contribution in [0.3, 0.4) is 0 Å². The van der Waals surface area contributed by atoms with E-state index in [-0.39, 0.29) is 22.9 Å². The lowest BCUT2D eigenvalue weighted by atomic mass is 10.1. The first-order chi connectivity index (χ1) is 13.8. The van der Waals surface area contributed by atoms with E-state index < -0.39 is 10.2 Å². The molecule has 0 aliphatic carbocycles. The molecule has 2 aromatic carbocycles. The van der Waals surface area contributed by atoms with Gasteiger partial charge in [-0.05, 0) is 42.3 Å². The number of rotatable bonds is 7. The van der Waals surface area contributed by atoms with Crippen LogP contribution in [0.1, 0.15) is 5.56 Å². The number of hydrogen-bond acceptors (Lipinski definition) is 5. The molecule has 150 valence electrons. The number of aromatic nitrogens is 2. The number of nitrogens with zero attached hydrogens (tertiary/aromatic N) is 2. The second kappa shape index (κ2) is 8.93. The van der Waals surface area contributed by atoms with Crippen LogP contribution in [0, 0.1) is 0 Å². The highest BCUT2D eigenvalue weighted by molar-refractivity contribution is 7.97. The molecule has 0 spiro atoms. The third-order valence-electron chi connectivity index (χ3n) is 4.32. The first-order valence-corrected chi connectivity index (χ1v) is 10.9. The highest BCUT2D eigenvalue weighted by Crippen LogP contribution is 2.20. The van der Waals surface area contributed by atoms with Crippen molar-refractivity contribution in [2.45, 2.75) is 17.9 Å². The quantitative estimate of drug-likeness (QED) is 0.598. The van der Waals surface area contributed by atoms with E-state index in [2.05, 4.69) is 10.4 Å². The third kappa shape index (κ3) is 5.69. The van der Waals surface area contributed by atoms with E-state index in [9.17, 15) is 18.4 Å². The van der Waals surface area contributed by atoms with Crippen LogP contribution >= 0.6 is 0 Å². The lowest BCUT2D eigenvalue weighted by molar-refractivity contribution is -0.121. The maximum atomic E-state index is 12.2. The summed E-state index contributed by atoms with van der Waals surface area (Å²) in [4.78, 5) is 24.4. The largest absolute Gasteiger partial charge is 0.610 e. The van der Waals surface area contributed by atoms with Crippen molar-refractivity contribution < 1.29 is 13.6 Å². The Morgan fingerprint density at radius 2 is 1.76 bits per heavy atom. The monoisotopic (exact) mass is 411 g/mol. The number of sulfone groups is 1. The zero-order valence-electron chi connectivity index (χ0n) is 15.9. The minimum Gasteiger partial charge on any atom is -0.610 e. The van der Waals surface area contributed by atoms with Crippen molar-refractivity contribution >= 4 is 16.1 Å². The van der Waals surface area contributed by atoms with Crippen LogP contribution in [0.25, 0.3) is 11.3 Å². The van der Waals surface area contributed by atoms with Crippen LogP contribution in [0.5, 0.6) is 0 Å². The van der Waals surface area contributed by atoms with Crippen LogP contribution in [0.2, 0.25) is 0 Å². The van der Waals surface area contributed by atoms with Gasteiger partial charge in [-0.25, -0.2) is 4.68 Å². The predicted octanol–water partition coefficient (Wildman–Crippen LogP) is 1.89. The van der Waals surface area contributed by atoms with Gasteiger partial charge in [0.1, 0.15) is 12.8 Å². The van der Waals surface area contributed by atoms with Crippen LogP contribution in [0.15, 0.2) is 76.4 Å². The van der Waals surface area contributed by atoms with E-state index in [0.29, 0.717) is 24.2 Å². The molecule has 1 N–H and O–H groups in total. The van der Waals surface area contributed by atoms with Gasteiger partial charge in [-0.2, -0.15) is 5.10 Å². The standard InChI is InChI=1S/C21H21N3O4S/c1-29(27,28)18-9-7-17(8-10-18)19-11-12-21(26)24(23-19)15-20(25)22-14-13-16-5-3-2-4-6-16/h2-12H,13-15H2,1H3,(H-,22,25,27,28). The fraction of sp³-hybridized carbons (Fsp3) is 0.190. The van der Waals surface area contributed by atoms with Crippen molar-refractivity contribution in [1.82, 2.24) is 15.1 Å². The normalized spacial score (nSPS) is 12.9. The zero-order valence-corrected chi connectivity index (χ0v) is 16.7. The van der Waals surface area contributed by atoms with Crippen molar-refractivity contribution in [3.63, 3.8) is 0 Å². The van der Waals surface area contributed by atoms with Crippen LogP contribution in [0.4, 0.5) is 0 Å². The molecule has 1 heterocycles. The van der Waals surface area contributed by atoms with Gasteiger partial charge >= 0.3 is 0 Å². The molecule has 1 amide bonds. The molecule has 1 unspecified atom stereocenters. The summed E-state index contributed by atoms with van der Waals surface area (Å²) in [6.07, 6.45) is 1.83. The number of carbonyl (C=O) groups excluding carboxylic acids is 1. The van der Waals surface area contributed by atoms with E-state index in [0.717, 1.165) is 16.5 Å². The lowest BCUT2D eigenvalue weighted by Gasteiger charge is -2.10. The highest BCUT2D eigenvalue weighted by Gasteiger charge is 2.13. The molecule has 0 saturated carbocycles. The van der Waals surface area contributed by atoms with Gasteiger partial charge in [-0.1, -0.05) is 30.3 Å². The molecule has 0 bridgehead atoms. The second-order valence-corrected chi connectivity index (χ2v) is 8.61. The summed E-state index contributed by atoms with van der Waals surface area (Å²) in [7, 11) is -3.29. The molecule has 7 nitrogen and oxygen atoms in total. The van der Waals surface area contributed by atoms with Crippen molar-refractivity contribution in [2.75, 3.05) is 12.8 Å². The van der Waals surface area contributed by atoms with Crippen molar-refractivity contribution in [2.24, 2.45) is 0 Å². The first-order valence-electron chi connectivity index (χ1n) is 9.02. The molecular formula is C21H21N3O4S. The van der Waals surface area contributed by atoms with Gasteiger partial charge in [-0.3, -0.25) is 9.59 Å². The molecule has 8 heteroatoms. The summed E-state index contributed by atoms with van der Waals surface area (Å²) in [5.74, 6) is -0.305. The SMILES string of the molecule is C[S+](=O)([O-])c1ccc(-c2ccc(=O)n(CC(=O)NCCc3ccccc3)n2)cc1. The Balaban J connectivity index is 1.66. The summed E-state index contributed by atoms with van der Waals surface area (Å²) < 4.78 is 24.2. The van der Waals surface area contributed by atoms with Gasteiger partial charge in [0.25, 0.3) is 5.56 Å². The van der Waals surface area contributed by atoms with Gasteiger partial charge in [0.15, 0.2) is 4.90 Å². The molecule has 0 aliphatic rings. The van der Waals surface area contributed by atoms with E-state index in [4.69, 9.17) is 0 Å². The number of amides is 1. The van der Waals surface area contributed by atoms with Gasteiger partial charge < -0.3 is 9.87 Å². The predicted molar refractivity (Wildman–Crippen MR) is 110 cm³/mol. The molecule has 0 saturated heterocycles. The fourth-order valence-corrected chi connectivity index (χ4v) is 3.40. The summed E-state index contributed by atoms with van der Waals surface area (Å²) in [6.45, 7) is 0.271. The van der Waals surface area contributed by atoms with E-state index in [1.165, 1.54) is 18.2 Å². The third-order valence-corrected chi connectivity index (χ3v) is 5.45. The Labute approximate surface area is 169 Å². The highest BCUT2D eigenvalue weighted by atomic mass is 32.3. The number of hydrogen-bond donors (Lipinski definition) is 1. The Hall–Kier alpha value is -3.10. The van der Waals surface area contributed by atoms with Gasteiger partial charge in [-0.15, -0.1) is 4.21 Å². The van der Waals surface area contributed by atoms with Crippen molar-refractivity contribution in [3.8, 4) is 11.3 Å². The molecule has 0 fully saturated rings. The molecule has 1 aromatic heterocycles. The van der Waals surface area contributed by atoms with Gasteiger partial charge in [0.05, 0.1) is 15.9 Å². The molecule has 3 aromatic rings. The summed E-state index contributed by atoms with van der Waals surface area (Å²) in [6, 6.07) is 18.9. The van der Waals surface area contributed by atoms with Crippen molar-refractivity contribution in [3.05, 3.63) is 82.6 Å². The smallest absolute Gasteiger partial charge is 0.267 e. The average molecular weight is 411 g/mol. The first kappa shape index (κ1) is 20.6. The van der Waals surface area contributed by atoms with Crippen LogP contribution in [-0.4, -0.2) is 33.0 Å². The maximum Gasteiger partial charge on any atom is 0.267 e. The van der Waals surface area contributed by atoms with Crippen molar-refractivity contribution in [1.29, 1.82) is 0 Å². The number of nitrogens with one attached hydrogen (secondary N) is 1. The molecule has 1 atom stereocenters. The number of benzene rings is 2. The minimum atomic E-state index is -3.29. The van der Waals surface area contributed by atoms with Gasteiger partial charge in [0.2, 0.25) is 5.91 Å². The fourth-order valence-electron chi connectivity index (χ4n) is 2.77. The summed E-state index contributed by atoms with van der Waals surface area (Å²) in [5.41, 5.74) is 1.85. The zero-order chi connectivity index (χ0) is 20.9.